The molecular formula is C14H16N4O4. The summed E-state index contributed by atoms with van der Waals surface area (Å²) in [5.74, 6) is 1.85. The molecule has 0 spiro atoms. The van der Waals surface area contributed by atoms with Crippen molar-refractivity contribution in [3.8, 4) is 5.75 Å². The Balaban J connectivity index is 1.68. The number of nitro groups is 1. The van der Waals surface area contributed by atoms with Gasteiger partial charge in [-0.2, -0.15) is 0 Å². The summed E-state index contributed by atoms with van der Waals surface area (Å²) in [5, 5.41) is 22.0. The Kier molecular flexibility index (Phi) is 3.90. The van der Waals surface area contributed by atoms with Gasteiger partial charge in [0, 0.05) is 23.7 Å². The molecule has 8 heteroatoms. The highest BCUT2D eigenvalue weighted by atomic mass is 16.6. The zero-order valence-electron chi connectivity index (χ0n) is 12.1. The Hall–Kier alpha value is -2.64. The highest BCUT2D eigenvalue weighted by Gasteiger charge is 2.29. The van der Waals surface area contributed by atoms with Crippen LogP contribution in [-0.4, -0.2) is 21.7 Å². The first-order valence-electron chi connectivity index (χ1n) is 7.14. The van der Waals surface area contributed by atoms with Crippen molar-refractivity contribution in [1.29, 1.82) is 0 Å². The van der Waals surface area contributed by atoms with Gasteiger partial charge in [0.1, 0.15) is 0 Å². The second-order valence-electron chi connectivity index (χ2n) is 5.03. The summed E-state index contributed by atoms with van der Waals surface area (Å²) in [7, 11) is 0. The number of hydrogen-bond donors (Lipinski definition) is 1. The van der Waals surface area contributed by atoms with Gasteiger partial charge in [-0.1, -0.05) is 0 Å². The lowest BCUT2D eigenvalue weighted by molar-refractivity contribution is -0.385. The summed E-state index contributed by atoms with van der Waals surface area (Å²) in [6, 6.07) is 4.63. The second-order valence-corrected chi connectivity index (χ2v) is 5.03. The van der Waals surface area contributed by atoms with Gasteiger partial charge >= 0.3 is 5.69 Å². The van der Waals surface area contributed by atoms with Crippen LogP contribution in [0.5, 0.6) is 5.75 Å². The topological polar surface area (TPSA) is 103 Å². The van der Waals surface area contributed by atoms with Crippen LogP contribution in [0.1, 0.15) is 37.5 Å². The number of nitro benzene ring substituents is 1. The zero-order valence-corrected chi connectivity index (χ0v) is 12.1. The van der Waals surface area contributed by atoms with Gasteiger partial charge in [0.2, 0.25) is 11.8 Å². The molecule has 0 aliphatic heterocycles. The third-order valence-corrected chi connectivity index (χ3v) is 3.31. The van der Waals surface area contributed by atoms with Gasteiger partial charge in [0.15, 0.2) is 5.75 Å². The van der Waals surface area contributed by atoms with Crippen LogP contribution < -0.4 is 10.1 Å². The average Bonchev–Trinajstić information content (AvgIpc) is 3.24. The van der Waals surface area contributed by atoms with E-state index in [2.05, 4.69) is 15.5 Å². The van der Waals surface area contributed by atoms with E-state index >= 15 is 0 Å². The number of aromatic nitrogens is 2. The van der Waals surface area contributed by atoms with Gasteiger partial charge < -0.3 is 14.5 Å². The van der Waals surface area contributed by atoms with Gasteiger partial charge in [-0.15, -0.1) is 10.2 Å². The molecule has 1 aliphatic rings. The molecule has 0 amide bonds. The molecule has 1 aromatic carbocycles. The van der Waals surface area contributed by atoms with Crippen LogP contribution in [0.2, 0.25) is 0 Å². The van der Waals surface area contributed by atoms with E-state index in [1.54, 1.807) is 19.1 Å². The Bertz CT molecular complexity index is 681. The minimum Gasteiger partial charge on any atom is -0.487 e. The van der Waals surface area contributed by atoms with Crippen LogP contribution in [0.25, 0.3) is 0 Å². The van der Waals surface area contributed by atoms with E-state index in [4.69, 9.17) is 9.15 Å². The van der Waals surface area contributed by atoms with Gasteiger partial charge in [0.05, 0.1) is 18.1 Å². The molecule has 2 aromatic rings. The minimum atomic E-state index is -0.464. The first kappa shape index (κ1) is 14.3. The molecule has 1 saturated carbocycles. The SMILES string of the molecule is CCOc1cc(NCc2nnc(C3CC3)o2)ccc1[N+](=O)[O-]. The van der Waals surface area contributed by atoms with Gasteiger partial charge in [-0.25, -0.2) is 0 Å². The van der Waals surface area contributed by atoms with E-state index < -0.39 is 4.92 Å². The maximum Gasteiger partial charge on any atom is 0.311 e. The largest absolute Gasteiger partial charge is 0.487 e. The average molecular weight is 304 g/mol. The van der Waals surface area contributed by atoms with Crippen molar-refractivity contribution in [3.63, 3.8) is 0 Å². The third kappa shape index (κ3) is 3.16. The Morgan fingerprint density at radius 1 is 1.45 bits per heavy atom. The van der Waals surface area contributed by atoms with Gasteiger partial charge in [0.25, 0.3) is 0 Å². The lowest BCUT2D eigenvalue weighted by Gasteiger charge is -2.08. The highest BCUT2D eigenvalue weighted by molar-refractivity contribution is 5.57. The summed E-state index contributed by atoms with van der Waals surface area (Å²) in [6.45, 7) is 2.50. The molecule has 8 nitrogen and oxygen atoms in total. The van der Waals surface area contributed by atoms with Crippen LogP contribution in [0.15, 0.2) is 22.6 Å². The van der Waals surface area contributed by atoms with E-state index in [0.717, 1.165) is 12.8 Å². The summed E-state index contributed by atoms with van der Waals surface area (Å²) >= 11 is 0. The normalized spacial score (nSPS) is 13.9. The van der Waals surface area contributed by atoms with Crippen LogP contribution in [-0.2, 0) is 6.54 Å². The fraction of sp³-hybridized carbons (Fsp3) is 0.429. The van der Waals surface area contributed by atoms with Crippen molar-refractivity contribution in [2.45, 2.75) is 32.2 Å². The number of anilines is 1. The smallest absolute Gasteiger partial charge is 0.311 e. The molecule has 1 aliphatic carbocycles. The Labute approximate surface area is 126 Å². The predicted molar refractivity (Wildman–Crippen MR) is 77.9 cm³/mol. The summed E-state index contributed by atoms with van der Waals surface area (Å²) in [5.41, 5.74) is 0.640. The number of nitrogens with one attached hydrogen (secondary N) is 1. The zero-order chi connectivity index (χ0) is 15.5. The molecule has 1 N–H and O–H groups in total. The van der Waals surface area contributed by atoms with E-state index in [1.807, 2.05) is 0 Å². The number of nitrogens with zero attached hydrogens (tertiary/aromatic N) is 3. The summed E-state index contributed by atoms with van der Waals surface area (Å²) < 4.78 is 10.8. The van der Waals surface area contributed by atoms with Gasteiger partial charge in [-0.3, -0.25) is 10.1 Å². The minimum absolute atomic E-state index is 0.0544. The number of benzene rings is 1. The quantitative estimate of drug-likeness (QED) is 0.619. The van der Waals surface area contributed by atoms with Crippen LogP contribution >= 0.6 is 0 Å². The standard InChI is InChI=1S/C14H16N4O4/c1-2-21-12-7-10(5-6-11(12)18(19)20)15-8-13-16-17-14(22-13)9-3-4-9/h5-7,9,15H,2-4,8H2,1H3. The maximum absolute atomic E-state index is 10.9. The molecule has 1 fully saturated rings. The van der Waals surface area contributed by atoms with Crippen LogP contribution in [0, 0.1) is 10.1 Å². The lowest BCUT2D eigenvalue weighted by Crippen LogP contribution is -2.02. The molecule has 0 bridgehead atoms. The molecule has 0 saturated heterocycles. The molecule has 22 heavy (non-hydrogen) atoms. The first-order chi connectivity index (χ1) is 10.7. The lowest BCUT2D eigenvalue weighted by atomic mass is 10.2. The van der Waals surface area contributed by atoms with Crippen LogP contribution in [0.3, 0.4) is 0 Å². The van der Waals surface area contributed by atoms with Crippen molar-refractivity contribution in [2.24, 2.45) is 0 Å². The fourth-order valence-electron chi connectivity index (χ4n) is 2.06. The van der Waals surface area contributed by atoms with Crippen molar-refractivity contribution in [1.82, 2.24) is 10.2 Å². The van der Waals surface area contributed by atoms with Crippen LogP contribution in [0.4, 0.5) is 11.4 Å². The number of rotatable bonds is 7. The van der Waals surface area contributed by atoms with Crippen molar-refractivity contribution >= 4 is 11.4 Å². The Morgan fingerprint density at radius 3 is 2.95 bits per heavy atom. The predicted octanol–water partition coefficient (Wildman–Crippen LogP) is 2.87. The molecule has 116 valence electrons. The Morgan fingerprint density at radius 2 is 2.27 bits per heavy atom. The third-order valence-electron chi connectivity index (χ3n) is 3.31. The number of hydrogen-bond acceptors (Lipinski definition) is 7. The fourth-order valence-corrected chi connectivity index (χ4v) is 2.06. The maximum atomic E-state index is 10.9. The van der Waals surface area contributed by atoms with Crippen molar-refractivity contribution in [3.05, 3.63) is 40.1 Å². The molecule has 1 aromatic heterocycles. The molecule has 3 rings (SSSR count). The monoisotopic (exact) mass is 304 g/mol. The van der Waals surface area contributed by atoms with Crippen molar-refractivity contribution < 1.29 is 14.1 Å². The highest BCUT2D eigenvalue weighted by Crippen LogP contribution is 2.39. The summed E-state index contributed by atoms with van der Waals surface area (Å²) in [4.78, 5) is 10.5. The van der Waals surface area contributed by atoms with E-state index in [0.29, 0.717) is 36.5 Å². The molecule has 0 radical (unpaired) electrons. The molecular weight excluding hydrogens is 288 g/mol. The number of ether oxygens (including phenoxy) is 1. The second kappa shape index (κ2) is 6.00. The van der Waals surface area contributed by atoms with E-state index in [1.165, 1.54) is 6.07 Å². The first-order valence-corrected chi connectivity index (χ1v) is 7.14. The van der Waals surface area contributed by atoms with Crippen molar-refractivity contribution in [2.75, 3.05) is 11.9 Å². The summed E-state index contributed by atoms with van der Waals surface area (Å²) in [6.07, 6.45) is 2.21. The van der Waals surface area contributed by atoms with Gasteiger partial charge in [-0.05, 0) is 25.8 Å². The molecule has 0 unspecified atom stereocenters. The molecule has 1 heterocycles. The van der Waals surface area contributed by atoms with E-state index in [9.17, 15) is 10.1 Å². The molecule has 0 atom stereocenters. The van der Waals surface area contributed by atoms with E-state index in [-0.39, 0.29) is 11.4 Å².